The Morgan fingerprint density at radius 3 is 2.52 bits per heavy atom. The number of para-hydroxylation sites is 1. The van der Waals surface area contributed by atoms with Crippen molar-refractivity contribution >= 4 is 34.1 Å². The van der Waals surface area contributed by atoms with Gasteiger partial charge >= 0.3 is 6.03 Å². The second kappa shape index (κ2) is 8.82. The molecule has 1 aromatic carbocycles. The van der Waals surface area contributed by atoms with Gasteiger partial charge in [-0.05, 0) is 44.7 Å². The quantitative estimate of drug-likeness (QED) is 0.808. The van der Waals surface area contributed by atoms with Crippen molar-refractivity contribution in [1.29, 1.82) is 0 Å². The van der Waals surface area contributed by atoms with Crippen LogP contribution in [0.4, 0.5) is 15.6 Å². The number of piperazine rings is 1. The maximum Gasteiger partial charge on any atom is 0.318 e. The van der Waals surface area contributed by atoms with Gasteiger partial charge in [-0.3, -0.25) is 4.79 Å². The van der Waals surface area contributed by atoms with Crippen molar-refractivity contribution in [1.82, 2.24) is 15.2 Å². The van der Waals surface area contributed by atoms with Crippen LogP contribution in [0.15, 0.2) is 30.3 Å². The van der Waals surface area contributed by atoms with E-state index in [1.807, 2.05) is 18.2 Å². The summed E-state index contributed by atoms with van der Waals surface area (Å²) in [7, 11) is 0. The Morgan fingerprint density at radius 2 is 1.79 bits per heavy atom. The average molecular weight is 414 g/mol. The lowest BCUT2D eigenvalue weighted by Crippen LogP contribution is -2.54. The number of hydrogen-bond donors (Lipinski definition) is 2. The van der Waals surface area contributed by atoms with Crippen LogP contribution in [0.25, 0.3) is 0 Å². The predicted octanol–water partition coefficient (Wildman–Crippen LogP) is 2.88. The summed E-state index contributed by atoms with van der Waals surface area (Å²) in [6.45, 7) is 4.54. The van der Waals surface area contributed by atoms with Crippen LogP contribution >= 0.6 is 11.3 Å². The van der Waals surface area contributed by atoms with Gasteiger partial charge in [0.15, 0.2) is 5.13 Å². The molecule has 2 N–H and O–H groups in total. The van der Waals surface area contributed by atoms with E-state index in [1.165, 1.54) is 17.0 Å². The summed E-state index contributed by atoms with van der Waals surface area (Å²) in [6, 6.07) is 9.40. The summed E-state index contributed by atoms with van der Waals surface area (Å²) < 4.78 is 0. The van der Waals surface area contributed by atoms with E-state index in [4.69, 9.17) is 0 Å². The van der Waals surface area contributed by atoms with Gasteiger partial charge in [0.25, 0.3) is 0 Å². The SMILES string of the molecule is C[C@H](NC(=O)N1CCN(c2ccccc2)CC1)C(=O)Nc1nc2c(s1)CCCC2. The predicted molar refractivity (Wildman–Crippen MR) is 116 cm³/mol. The lowest BCUT2D eigenvalue weighted by Gasteiger charge is -2.36. The highest BCUT2D eigenvalue weighted by molar-refractivity contribution is 7.15. The van der Waals surface area contributed by atoms with Crippen LogP contribution in [-0.2, 0) is 17.6 Å². The third-order valence-corrected chi connectivity index (χ3v) is 6.57. The molecule has 2 aromatic rings. The Morgan fingerprint density at radius 1 is 1.07 bits per heavy atom. The van der Waals surface area contributed by atoms with E-state index in [0.29, 0.717) is 18.2 Å². The molecule has 1 fully saturated rings. The third kappa shape index (κ3) is 4.70. The molecule has 7 nitrogen and oxygen atoms in total. The molecular formula is C21H27N5O2S. The number of benzene rings is 1. The molecule has 1 aromatic heterocycles. The molecule has 0 saturated carbocycles. The molecule has 1 aliphatic carbocycles. The summed E-state index contributed by atoms with van der Waals surface area (Å²) >= 11 is 1.55. The zero-order valence-electron chi connectivity index (χ0n) is 16.7. The molecule has 4 rings (SSSR count). The molecule has 8 heteroatoms. The summed E-state index contributed by atoms with van der Waals surface area (Å²) in [5, 5.41) is 6.32. The van der Waals surface area contributed by atoms with E-state index in [9.17, 15) is 9.59 Å². The number of urea groups is 1. The van der Waals surface area contributed by atoms with E-state index >= 15 is 0 Å². The highest BCUT2D eigenvalue weighted by Crippen LogP contribution is 2.29. The van der Waals surface area contributed by atoms with E-state index in [-0.39, 0.29) is 11.9 Å². The molecule has 154 valence electrons. The van der Waals surface area contributed by atoms with E-state index in [2.05, 4.69) is 32.7 Å². The van der Waals surface area contributed by atoms with Crippen molar-refractivity contribution in [3.05, 3.63) is 40.9 Å². The van der Waals surface area contributed by atoms with Crippen molar-refractivity contribution in [3.8, 4) is 0 Å². The van der Waals surface area contributed by atoms with Crippen LogP contribution < -0.4 is 15.5 Å². The molecule has 0 bridgehead atoms. The lowest BCUT2D eigenvalue weighted by atomic mass is 10.0. The largest absolute Gasteiger partial charge is 0.368 e. The molecule has 1 atom stereocenters. The van der Waals surface area contributed by atoms with E-state index in [0.717, 1.165) is 38.0 Å². The van der Waals surface area contributed by atoms with Gasteiger partial charge < -0.3 is 20.4 Å². The van der Waals surface area contributed by atoms with E-state index in [1.54, 1.807) is 23.2 Å². The van der Waals surface area contributed by atoms with Crippen LogP contribution in [0.2, 0.25) is 0 Å². The summed E-state index contributed by atoms with van der Waals surface area (Å²) in [6.07, 6.45) is 4.38. The van der Waals surface area contributed by atoms with Gasteiger partial charge in [0.2, 0.25) is 5.91 Å². The normalized spacial score (nSPS) is 17.4. The number of thiazole rings is 1. The Bertz CT molecular complexity index is 838. The fourth-order valence-corrected chi connectivity index (χ4v) is 4.82. The number of amides is 3. The van der Waals surface area contributed by atoms with Gasteiger partial charge in [-0.1, -0.05) is 18.2 Å². The van der Waals surface area contributed by atoms with Crippen molar-refractivity contribution < 1.29 is 9.59 Å². The number of fused-ring (bicyclic) bond motifs is 1. The Labute approximate surface area is 175 Å². The molecule has 0 spiro atoms. The molecular weight excluding hydrogens is 386 g/mol. The van der Waals surface area contributed by atoms with Crippen molar-refractivity contribution in [2.24, 2.45) is 0 Å². The van der Waals surface area contributed by atoms with Gasteiger partial charge in [0, 0.05) is 36.7 Å². The Balaban J connectivity index is 1.26. The summed E-state index contributed by atoms with van der Waals surface area (Å²) in [5.74, 6) is -0.229. The minimum Gasteiger partial charge on any atom is -0.368 e. The fraction of sp³-hybridized carbons (Fsp3) is 0.476. The van der Waals surface area contributed by atoms with Gasteiger partial charge in [-0.2, -0.15) is 0 Å². The molecule has 2 heterocycles. The van der Waals surface area contributed by atoms with Crippen molar-refractivity contribution in [2.45, 2.75) is 38.6 Å². The second-order valence-corrected chi connectivity index (χ2v) is 8.65. The first-order valence-corrected chi connectivity index (χ1v) is 11.1. The number of aryl methyl sites for hydroxylation is 2. The zero-order chi connectivity index (χ0) is 20.2. The standard InChI is InChI=1S/C21H27N5O2S/c1-15(19(27)24-20-23-17-9-5-6-10-18(17)29-20)22-21(28)26-13-11-25(12-14-26)16-7-3-2-4-8-16/h2-4,7-8,15H,5-6,9-14H2,1H3,(H,22,28)(H,23,24,27)/t15-/m0/s1. The van der Waals surface area contributed by atoms with Crippen molar-refractivity contribution in [3.63, 3.8) is 0 Å². The summed E-state index contributed by atoms with van der Waals surface area (Å²) in [5.41, 5.74) is 2.29. The molecule has 1 aliphatic heterocycles. The van der Waals surface area contributed by atoms with Crippen LogP contribution in [0.3, 0.4) is 0 Å². The highest BCUT2D eigenvalue weighted by Gasteiger charge is 2.25. The minimum absolute atomic E-state index is 0.196. The molecule has 2 aliphatic rings. The zero-order valence-corrected chi connectivity index (χ0v) is 17.5. The highest BCUT2D eigenvalue weighted by atomic mass is 32.1. The number of nitrogens with zero attached hydrogens (tertiary/aromatic N) is 3. The van der Waals surface area contributed by atoms with Crippen LogP contribution in [0, 0.1) is 0 Å². The average Bonchev–Trinajstić information content (AvgIpc) is 3.16. The first-order valence-electron chi connectivity index (χ1n) is 10.2. The van der Waals surface area contributed by atoms with Crippen LogP contribution in [0.5, 0.6) is 0 Å². The maximum absolute atomic E-state index is 12.6. The lowest BCUT2D eigenvalue weighted by molar-refractivity contribution is -0.117. The van der Waals surface area contributed by atoms with Gasteiger partial charge in [-0.25, -0.2) is 9.78 Å². The smallest absolute Gasteiger partial charge is 0.318 e. The molecule has 0 unspecified atom stereocenters. The molecule has 1 saturated heterocycles. The monoisotopic (exact) mass is 413 g/mol. The molecule has 3 amide bonds. The number of carbonyl (C=O) groups excluding carboxylic acids is 2. The Hall–Kier alpha value is -2.61. The number of hydrogen-bond acceptors (Lipinski definition) is 5. The second-order valence-electron chi connectivity index (χ2n) is 7.57. The van der Waals surface area contributed by atoms with Gasteiger partial charge in [-0.15, -0.1) is 11.3 Å². The van der Waals surface area contributed by atoms with Gasteiger partial charge in [0.05, 0.1) is 5.69 Å². The van der Waals surface area contributed by atoms with Crippen molar-refractivity contribution in [2.75, 3.05) is 36.4 Å². The first-order chi connectivity index (χ1) is 14.1. The fourth-order valence-electron chi connectivity index (χ4n) is 3.77. The maximum atomic E-state index is 12.6. The van der Waals surface area contributed by atoms with Crippen LogP contribution in [0.1, 0.15) is 30.3 Å². The van der Waals surface area contributed by atoms with E-state index < -0.39 is 6.04 Å². The number of nitrogens with one attached hydrogen (secondary N) is 2. The number of anilines is 2. The molecule has 29 heavy (non-hydrogen) atoms. The molecule has 0 radical (unpaired) electrons. The third-order valence-electron chi connectivity index (χ3n) is 5.50. The summed E-state index contributed by atoms with van der Waals surface area (Å²) in [4.78, 5) is 34.9. The minimum atomic E-state index is -0.615. The number of aromatic nitrogens is 1. The van der Waals surface area contributed by atoms with Gasteiger partial charge in [0.1, 0.15) is 6.04 Å². The number of carbonyl (C=O) groups is 2. The Kier molecular flexibility index (Phi) is 5.99. The topological polar surface area (TPSA) is 77.6 Å². The number of rotatable bonds is 4. The van der Waals surface area contributed by atoms with Crippen LogP contribution in [-0.4, -0.2) is 54.0 Å². The first kappa shape index (κ1) is 19.7.